The number of hydrogen-bond donors (Lipinski definition) is 0. The maximum absolute atomic E-state index is 12.6. The van der Waals surface area contributed by atoms with Crippen molar-refractivity contribution in [1.82, 2.24) is 0 Å². The minimum absolute atomic E-state index is 0.0794. The van der Waals surface area contributed by atoms with E-state index < -0.39 is 0 Å². The molecule has 0 aliphatic heterocycles. The first-order valence-corrected chi connectivity index (χ1v) is 6.94. The Morgan fingerprint density at radius 2 is 1.48 bits per heavy atom. The Kier molecular flexibility index (Phi) is 3.22. The van der Waals surface area contributed by atoms with Crippen LogP contribution in [0.3, 0.4) is 0 Å². The van der Waals surface area contributed by atoms with E-state index >= 15 is 0 Å². The molecule has 0 fully saturated rings. The SMILES string of the molecule is C=C1C(N(C)c2ccccc2)=C(C)C(=O)c2ccccc21. The molecular weight excluding hydrogens is 258 g/mol. The van der Waals surface area contributed by atoms with Crippen molar-refractivity contribution in [2.75, 3.05) is 11.9 Å². The molecule has 0 N–H and O–H groups in total. The molecule has 1 aliphatic rings. The average Bonchev–Trinajstić information content (AvgIpc) is 2.53. The molecule has 2 aromatic rings. The van der Waals surface area contributed by atoms with Crippen molar-refractivity contribution in [3.63, 3.8) is 0 Å². The van der Waals surface area contributed by atoms with E-state index in [9.17, 15) is 4.79 Å². The van der Waals surface area contributed by atoms with Crippen LogP contribution in [0.1, 0.15) is 22.8 Å². The molecule has 3 rings (SSSR count). The van der Waals surface area contributed by atoms with Gasteiger partial charge in [0.15, 0.2) is 5.78 Å². The predicted octanol–water partition coefficient (Wildman–Crippen LogP) is 4.31. The summed E-state index contributed by atoms with van der Waals surface area (Å²) in [6, 6.07) is 17.7. The van der Waals surface area contributed by atoms with Crippen molar-refractivity contribution in [1.29, 1.82) is 0 Å². The second kappa shape index (κ2) is 5.06. The number of likely N-dealkylation sites (N-methyl/N-ethyl adjacent to an activating group) is 1. The quantitative estimate of drug-likeness (QED) is 0.814. The minimum Gasteiger partial charge on any atom is -0.344 e. The van der Waals surface area contributed by atoms with Gasteiger partial charge in [-0.15, -0.1) is 0 Å². The first-order chi connectivity index (χ1) is 10.1. The zero-order valence-corrected chi connectivity index (χ0v) is 12.3. The van der Waals surface area contributed by atoms with E-state index in [4.69, 9.17) is 0 Å². The van der Waals surface area contributed by atoms with Crippen LogP contribution < -0.4 is 4.90 Å². The van der Waals surface area contributed by atoms with Gasteiger partial charge in [0.05, 0.1) is 5.70 Å². The third-order valence-corrected chi connectivity index (χ3v) is 3.96. The van der Waals surface area contributed by atoms with Crippen molar-refractivity contribution in [3.05, 3.63) is 83.6 Å². The summed E-state index contributed by atoms with van der Waals surface area (Å²) in [5.41, 5.74) is 5.24. The zero-order chi connectivity index (χ0) is 15.0. The molecule has 1 aliphatic carbocycles. The summed E-state index contributed by atoms with van der Waals surface area (Å²) in [4.78, 5) is 14.6. The Morgan fingerprint density at radius 3 is 2.14 bits per heavy atom. The summed E-state index contributed by atoms with van der Waals surface area (Å²) < 4.78 is 0. The number of benzene rings is 2. The highest BCUT2D eigenvalue weighted by Gasteiger charge is 2.28. The summed E-state index contributed by atoms with van der Waals surface area (Å²) >= 11 is 0. The fraction of sp³-hybridized carbons (Fsp3) is 0.105. The highest BCUT2D eigenvalue weighted by atomic mass is 16.1. The van der Waals surface area contributed by atoms with E-state index in [1.807, 2.05) is 73.5 Å². The summed E-state index contributed by atoms with van der Waals surface area (Å²) in [6.45, 7) is 6.09. The number of Topliss-reactive ketones (excluding diaryl/α,β-unsaturated/α-hetero) is 1. The molecule has 0 heterocycles. The molecule has 21 heavy (non-hydrogen) atoms. The van der Waals surface area contributed by atoms with Gasteiger partial charge in [0.2, 0.25) is 0 Å². The number of allylic oxidation sites excluding steroid dienone is 2. The standard InChI is InChI=1S/C19H17NO/c1-13-16-11-7-8-12-17(16)19(21)14(2)18(13)20(3)15-9-5-4-6-10-15/h4-12H,1H2,2-3H3. The topological polar surface area (TPSA) is 20.3 Å². The minimum atomic E-state index is 0.0794. The predicted molar refractivity (Wildman–Crippen MR) is 87.4 cm³/mol. The van der Waals surface area contributed by atoms with Crippen molar-refractivity contribution in [3.8, 4) is 0 Å². The maximum atomic E-state index is 12.6. The Labute approximate surface area is 125 Å². The van der Waals surface area contributed by atoms with Crippen LogP contribution in [-0.4, -0.2) is 12.8 Å². The largest absolute Gasteiger partial charge is 0.344 e. The van der Waals surface area contributed by atoms with Crippen LogP contribution in [0.25, 0.3) is 5.57 Å². The number of carbonyl (C=O) groups is 1. The molecule has 0 radical (unpaired) electrons. The van der Waals surface area contributed by atoms with E-state index in [2.05, 4.69) is 6.58 Å². The van der Waals surface area contributed by atoms with Crippen LogP contribution in [0.4, 0.5) is 5.69 Å². The number of ketones is 1. The average molecular weight is 275 g/mol. The van der Waals surface area contributed by atoms with Crippen LogP contribution >= 0.6 is 0 Å². The van der Waals surface area contributed by atoms with E-state index in [1.165, 1.54) is 0 Å². The van der Waals surface area contributed by atoms with Gasteiger partial charge in [0, 0.05) is 23.9 Å². The van der Waals surface area contributed by atoms with Gasteiger partial charge in [0.25, 0.3) is 0 Å². The Balaban J connectivity index is 2.13. The summed E-state index contributed by atoms with van der Waals surface area (Å²) in [5, 5.41) is 0. The molecule has 2 aromatic carbocycles. The van der Waals surface area contributed by atoms with Gasteiger partial charge in [-0.3, -0.25) is 4.79 Å². The first-order valence-electron chi connectivity index (χ1n) is 6.94. The number of fused-ring (bicyclic) bond motifs is 1. The molecule has 0 amide bonds. The Hall–Kier alpha value is -2.61. The lowest BCUT2D eigenvalue weighted by Crippen LogP contribution is -2.25. The molecule has 0 bridgehead atoms. The lowest BCUT2D eigenvalue weighted by atomic mass is 9.85. The number of hydrogen-bond acceptors (Lipinski definition) is 2. The molecule has 0 aromatic heterocycles. The van der Waals surface area contributed by atoms with Crippen LogP contribution in [0.5, 0.6) is 0 Å². The first kappa shape index (κ1) is 13.4. The Bertz CT molecular complexity index is 756. The highest BCUT2D eigenvalue weighted by Crippen LogP contribution is 2.37. The molecule has 0 saturated heterocycles. The molecule has 0 unspecified atom stereocenters. The zero-order valence-electron chi connectivity index (χ0n) is 12.3. The summed E-state index contributed by atoms with van der Waals surface area (Å²) in [5.74, 6) is 0.0794. The monoisotopic (exact) mass is 275 g/mol. The maximum Gasteiger partial charge on any atom is 0.191 e. The second-order valence-electron chi connectivity index (χ2n) is 5.22. The van der Waals surface area contributed by atoms with Gasteiger partial charge >= 0.3 is 0 Å². The number of nitrogens with zero attached hydrogens (tertiary/aromatic N) is 1. The molecular formula is C19H17NO. The van der Waals surface area contributed by atoms with Gasteiger partial charge in [0.1, 0.15) is 0 Å². The van der Waals surface area contributed by atoms with Gasteiger partial charge in [-0.25, -0.2) is 0 Å². The van der Waals surface area contributed by atoms with E-state index in [0.29, 0.717) is 0 Å². The molecule has 2 heteroatoms. The number of carbonyl (C=O) groups excluding carboxylic acids is 1. The fourth-order valence-corrected chi connectivity index (χ4v) is 2.84. The van der Waals surface area contributed by atoms with Crippen molar-refractivity contribution in [2.24, 2.45) is 0 Å². The van der Waals surface area contributed by atoms with Crippen molar-refractivity contribution < 1.29 is 4.79 Å². The second-order valence-corrected chi connectivity index (χ2v) is 5.22. The summed E-state index contributed by atoms with van der Waals surface area (Å²) in [6.07, 6.45) is 0. The number of rotatable bonds is 2. The van der Waals surface area contributed by atoms with Gasteiger partial charge < -0.3 is 4.90 Å². The lowest BCUT2D eigenvalue weighted by Gasteiger charge is -2.30. The summed E-state index contributed by atoms with van der Waals surface area (Å²) in [7, 11) is 1.97. The smallest absolute Gasteiger partial charge is 0.191 e. The molecule has 0 atom stereocenters. The van der Waals surface area contributed by atoms with Crippen LogP contribution in [-0.2, 0) is 0 Å². The van der Waals surface area contributed by atoms with Crippen molar-refractivity contribution >= 4 is 17.0 Å². The number of para-hydroxylation sites is 1. The molecule has 104 valence electrons. The van der Waals surface area contributed by atoms with Crippen LogP contribution in [0.2, 0.25) is 0 Å². The van der Waals surface area contributed by atoms with Gasteiger partial charge in [-0.1, -0.05) is 49.0 Å². The van der Waals surface area contributed by atoms with Gasteiger partial charge in [-0.05, 0) is 30.2 Å². The number of anilines is 1. The van der Waals surface area contributed by atoms with Crippen LogP contribution in [0.15, 0.2) is 72.4 Å². The third kappa shape index (κ3) is 2.09. The van der Waals surface area contributed by atoms with Crippen molar-refractivity contribution in [2.45, 2.75) is 6.92 Å². The van der Waals surface area contributed by atoms with Gasteiger partial charge in [-0.2, -0.15) is 0 Å². The fourth-order valence-electron chi connectivity index (χ4n) is 2.84. The van der Waals surface area contributed by atoms with Crippen LogP contribution in [0, 0.1) is 0 Å². The molecule has 0 spiro atoms. The van der Waals surface area contributed by atoms with E-state index in [0.717, 1.165) is 33.7 Å². The Morgan fingerprint density at radius 1 is 0.905 bits per heavy atom. The highest BCUT2D eigenvalue weighted by molar-refractivity contribution is 6.17. The normalized spacial score (nSPS) is 14.2. The third-order valence-electron chi connectivity index (χ3n) is 3.96. The lowest BCUT2D eigenvalue weighted by molar-refractivity contribution is 0.103. The van der Waals surface area contributed by atoms with E-state index in [1.54, 1.807) is 0 Å². The molecule has 2 nitrogen and oxygen atoms in total. The van der Waals surface area contributed by atoms with E-state index in [-0.39, 0.29) is 5.78 Å². The molecule has 0 saturated carbocycles.